The zero-order chi connectivity index (χ0) is 20.5. The van der Waals surface area contributed by atoms with Crippen molar-refractivity contribution in [3.05, 3.63) is 77.2 Å². The van der Waals surface area contributed by atoms with Crippen LogP contribution in [0.1, 0.15) is 5.56 Å². The highest BCUT2D eigenvalue weighted by Crippen LogP contribution is 2.23. The van der Waals surface area contributed by atoms with Gasteiger partial charge in [0, 0.05) is 43.1 Å². The Labute approximate surface area is 177 Å². The summed E-state index contributed by atoms with van der Waals surface area (Å²) in [7, 11) is 1.61. The summed E-state index contributed by atoms with van der Waals surface area (Å²) >= 11 is 3.40. The Morgan fingerprint density at radius 2 is 2.07 bits per heavy atom. The van der Waals surface area contributed by atoms with Crippen LogP contribution in [-0.2, 0) is 11.3 Å². The molecule has 0 spiro atoms. The highest BCUT2D eigenvalue weighted by molar-refractivity contribution is 9.10. The molecule has 150 valence electrons. The molecule has 0 aliphatic rings. The zero-order valence-electron chi connectivity index (χ0n) is 15.9. The number of methoxy groups -OCH3 is 1. The van der Waals surface area contributed by atoms with Gasteiger partial charge in [0.05, 0.1) is 18.5 Å². The lowest BCUT2D eigenvalue weighted by Crippen LogP contribution is -2.36. The summed E-state index contributed by atoms with van der Waals surface area (Å²) in [6.07, 6.45) is 5.00. The molecule has 0 aliphatic heterocycles. The Balaban J connectivity index is 1.62. The zero-order valence-corrected chi connectivity index (χ0v) is 17.5. The molecule has 3 rings (SSSR count). The smallest absolute Gasteiger partial charge is 0.322 e. The number of halogens is 1. The third-order valence-corrected chi connectivity index (χ3v) is 4.45. The SMILES string of the molecule is COCCN(Cc1cccnc1)C(=O)Nc1ccc(Oc2cccc(Br)c2)nc1. The Kier molecular flexibility index (Phi) is 7.54. The summed E-state index contributed by atoms with van der Waals surface area (Å²) in [4.78, 5) is 22.7. The summed E-state index contributed by atoms with van der Waals surface area (Å²) < 4.78 is 11.8. The molecule has 3 aromatic rings. The quantitative estimate of drug-likeness (QED) is 0.530. The summed E-state index contributed by atoms with van der Waals surface area (Å²) in [5.74, 6) is 1.11. The fourth-order valence-electron chi connectivity index (χ4n) is 2.53. The van der Waals surface area contributed by atoms with Crippen molar-refractivity contribution in [3.8, 4) is 11.6 Å². The van der Waals surface area contributed by atoms with E-state index in [9.17, 15) is 4.79 Å². The number of anilines is 1. The molecular weight excluding hydrogens is 436 g/mol. The van der Waals surface area contributed by atoms with E-state index in [0.717, 1.165) is 10.0 Å². The molecule has 0 saturated heterocycles. The molecule has 0 fully saturated rings. The molecule has 0 bridgehead atoms. The summed E-state index contributed by atoms with van der Waals surface area (Å²) in [5.41, 5.74) is 1.51. The Hall–Kier alpha value is -2.97. The first-order valence-electron chi connectivity index (χ1n) is 8.97. The maximum absolute atomic E-state index is 12.7. The second kappa shape index (κ2) is 10.5. The van der Waals surface area contributed by atoms with Crippen LogP contribution in [-0.4, -0.2) is 41.2 Å². The van der Waals surface area contributed by atoms with Gasteiger partial charge in [-0.3, -0.25) is 4.98 Å². The standard InChI is InChI=1S/C21H21BrN4O3/c1-28-11-10-26(15-16-4-3-9-23-13-16)21(27)25-18-7-8-20(24-14-18)29-19-6-2-5-17(22)12-19/h2-9,12-14H,10-11,15H2,1H3,(H,25,27). The van der Waals surface area contributed by atoms with Gasteiger partial charge in [-0.05, 0) is 35.9 Å². The molecule has 0 aliphatic carbocycles. The summed E-state index contributed by atoms with van der Waals surface area (Å²) in [5, 5.41) is 2.86. The lowest BCUT2D eigenvalue weighted by molar-refractivity contribution is 0.153. The van der Waals surface area contributed by atoms with Crippen molar-refractivity contribution in [2.75, 3.05) is 25.6 Å². The summed E-state index contributed by atoms with van der Waals surface area (Å²) in [6.45, 7) is 1.32. The lowest BCUT2D eigenvalue weighted by atomic mass is 10.2. The minimum absolute atomic E-state index is 0.242. The molecule has 29 heavy (non-hydrogen) atoms. The molecule has 0 unspecified atom stereocenters. The number of nitrogens with one attached hydrogen (secondary N) is 1. The van der Waals surface area contributed by atoms with E-state index in [0.29, 0.717) is 37.0 Å². The molecule has 1 N–H and O–H groups in total. The van der Waals surface area contributed by atoms with E-state index in [4.69, 9.17) is 9.47 Å². The molecule has 2 amide bonds. The minimum atomic E-state index is -0.242. The van der Waals surface area contributed by atoms with E-state index in [2.05, 4.69) is 31.2 Å². The number of amides is 2. The number of nitrogens with zero attached hydrogens (tertiary/aromatic N) is 3. The van der Waals surface area contributed by atoms with E-state index < -0.39 is 0 Å². The van der Waals surface area contributed by atoms with Crippen LogP contribution in [0.2, 0.25) is 0 Å². The third kappa shape index (κ3) is 6.55. The average Bonchev–Trinajstić information content (AvgIpc) is 2.73. The number of carbonyl (C=O) groups is 1. The minimum Gasteiger partial charge on any atom is -0.439 e. The topological polar surface area (TPSA) is 76.6 Å². The van der Waals surface area contributed by atoms with Crippen molar-refractivity contribution in [1.82, 2.24) is 14.9 Å². The molecule has 7 nitrogen and oxygen atoms in total. The van der Waals surface area contributed by atoms with Crippen LogP contribution in [0.15, 0.2) is 71.6 Å². The highest BCUT2D eigenvalue weighted by atomic mass is 79.9. The maximum atomic E-state index is 12.7. The number of pyridine rings is 2. The van der Waals surface area contributed by atoms with Gasteiger partial charge >= 0.3 is 6.03 Å². The van der Waals surface area contributed by atoms with Gasteiger partial charge in [-0.15, -0.1) is 0 Å². The predicted molar refractivity (Wildman–Crippen MR) is 114 cm³/mol. The number of hydrogen-bond donors (Lipinski definition) is 1. The van der Waals surface area contributed by atoms with Gasteiger partial charge in [0.2, 0.25) is 5.88 Å². The van der Waals surface area contributed by atoms with Crippen molar-refractivity contribution in [3.63, 3.8) is 0 Å². The molecule has 0 atom stereocenters. The molecule has 2 heterocycles. The Morgan fingerprint density at radius 3 is 2.76 bits per heavy atom. The number of aromatic nitrogens is 2. The molecule has 8 heteroatoms. The number of urea groups is 1. The molecular formula is C21H21BrN4O3. The number of carbonyl (C=O) groups excluding carboxylic acids is 1. The van der Waals surface area contributed by atoms with Crippen LogP contribution in [0.3, 0.4) is 0 Å². The first-order chi connectivity index (χ1) is 14.1. The van der Waals surface area contributed by atoms with E-state index in [1.165, 1.54) is 0 Å². The number of benzene rings is 1. The molecule has 0 radical (unpaired) electrons. The second-order valence-electron chi connectivity index (χ2n) is 6.15. The third-order valence-electron chi connectivity index (χ3n) is 3.95. The van der Waals surface area contributed by atoms with Gasteiger partial charge in [-0.2, -0.15) is 0 Å². The van der Waals surface area contributed by atoms with Crippen molar-refractivity contribution < 1.29 is 14.3 Å². The number of hydrogen-bond acceptors (Lipinski definition) is 5. The van der Waals surface area contributed by atoms with E-state index in [-0.39, 0.29) is 6.03 Å². The largest absolute Gasteiger partial charge is 0.439 e. The van der Waals surface area contributed by atoms with Crippen molar-refractivity contribution in [1.29, 1.82) is 0 Å². The fourth-order valence-corrected chi connectivity index (χ4v) is 2.91. The number of ether oxygens (including phenoxy) is 2. The van der Waals surface area contributed by atoms with Crippen molar-refractivity contribution in [2.24, 2.45) is 0 Å². The van der Waals surface area contributed by atoms with Gasteiger partial charge in [0.1, 0.15) is 5.75 Å². The van der Waals surface area contributed by atoms with Gasteiger partial charge < -0.3 is 19.7 Å². The van der Waals surface area contributed by atoms with Gasteiger partial charge in [-0.1, -0.05) is 28.1 Å². The normalized spacial score (nSPS) is 10.4. The van der Waals surface area contributed by atoms with Crippen LogP contribution in [0.4, 0.5) is 10.5 Å². The predicted octanol–water partition coefficient (Wildman–Crippen LogP) is 4.71. The second-order valence-corrected chi connectivity index (χ2v) is 7.07. The van der Waals surface area contributed by atoms with Crippen LogP contribution < -0.4 is 10.1 Å². The highest BCUT2D eigenvalue weighted by Gasteiger charge is 2.14. The summed E-state index contributed by atoms with van der Waals surface area (Å²) in [6, 6.07) is 14.5. The molecule has 0 saturated carbocycles. The van der Waals surface area contributed by atoms with Crippen LogP contribution in [0.25, 0.3) is 0 Å². The average molecular weight is 457 g/mol. The number of rotatable bonds is 8. The Morgan fingerprint density at radius 1 is 1.17 bits per heavy atom. The van der Waals surface area contributed by atoms with Crippen LogP contribution >= 0.6 is 15.9 Å². The van der Waals surface area contributed by atoms with Crippen LogP contribution in [0.5, 0.6) is 11.6 Å². The van der Waals surface area contributed by atoms with Gasteiger partial charge in [-0.25, -0.2) is 9.78 Å². The molecule has 2 aromatic heterocycles. The van der Waals surface area contributed by atoms with E-state index in [1.807, 2.05) is 36.4 Å². The van der Waals surface area contributed by atoms with E-state index in [1.54, 1.807) is 42.7 Å². The van der Waals surface area contributed by atoms with Crippen LogP contribution in [0, 0.1) is 0 Å². The monoisotopic (exact) mass is 456 g/mol. The van der Waals surface area contributed by atoms with Crippen molar-refractivity contribution in [2.45, 2.75) is 6.54 Å². The van der Waals surface area contributed by atoms with Gasteiger partial charge in [0.15, 0.2) is 0 Å². The first-order valence-corrected chi connectivity index (χ1v) is 9.76. The lowest BCUT2D eigenvalue weighted by Gasteiger charge is -2.22. The maximum Gasteiger partial charge on any atom is 0.322 e. The fraction of sp³-hybridized carbons (Fsp3) is 0.190. The first kappa shape index (κ1) is 20.8. The van der Waals surface area contributed by atoms with Crippen molar-refractivity contribution >= 4 is 27.6 Å². The van der Waals surface area contributed by atoms with Gasteiger partial charge in [0.25, 0.3) is 0 Å². The molecule has 1 aromatic carbocycles. The Bertz CT molecular complexity index is 923. The van der Waals surface area contributed by atoms with E-state index >= 15 is 0 Å².